The van der Waals surface area contributed by atoms with E-state index >= 15 is 0 Å². The zero-order valence-electron chi connectivity index (χ0n) is 11.3. The molecule has 0 aromatic rings. The van der Waals surface area contributed by atoms with E-state index in [4.69, 9.17) is 4.74 Å². The molecule has 5 nitrogen and oxygen atoms in total. The van der Waals surface area contributed by atoms with Gasteiger partial charge in [0.1, 0.15) is 24.4 Å². The van der Waals surface area contributed by atoms with Gasteiger partial charge in [0.25, 0.3) is 0 Å². The fraction of sp³-hybridized carbons (Fsp3) is 0.500. The predicted molar refractivity (Wildman–Crippen MR) is 70.4 cm³/mol. The zero-order chi connectivity index (χ0) is 14.4. The molecule has 0 spiro atoms. The lowest BCUT2D eigenvalue weighted by molar-refractivity contribution is -0.141. The van der Waals surface area contributed by atoms with E-state index in [1.165, 1.54) is 19.3 Å². The van der Waals surface area contributed by atoms with Crippen LogP contribution in [0.15, 0.2) is 36.0 Å². The summed E-state index contributed by atoms with van der Waals surface area (Å²) in [7, 11) is 1.24. The zero-order valence-corrected chi connectivity index (χ0v) is 11.3. The highest BCUT2D eigenvalue weighted by molar-refractivity contribution is 5.90. The summed E-state index contributed by atoms with van der Waals surface area (Å²) in [6, 6.07) is 0. The maximum absolute atomic E-state index is 11.7. The molecule has 19 heavy (non-hydrogen) atoms. The first kappa shape index (κ1) is 15.6. The van der Waals surface area contributed by atoms with Crippen LogP contribution in [0.25, 0.3) is 0 Å². The van der Waals surface area contributed by atoms with Crippen LogP contribution in [0.4, 0.5) is 0 Å². The lowest BCUT2D eigenvalue weighted by Crippen LogP contribution is -2.44. The Hall–Kier alpha value is -1.43. The van der Waals surface area contributed by atoms with Crippen molar-refractivity contribution < 1.29 is 24.5 Å². The summed E-state index contributed by atoms with van der Waals surface area (Å²) in [5, 5.41) is 19.9. The molecule has 1 aliphatic heterocycles. The SMILES string of the molecule is C/C=C/[C@@H](O)[C@H]1O[C@@H](/C=C/C)[C@@H](O)C=C1C(=O)OC. The van der Waals surface area contributed by atoms with Gasteiger partial charge < -0.3 is 19.7 Å². The van der Waals surface area contributed by atoms with Crippen LogP contribution in [0, 0.1) is 0 Å². The normalized spacial score (nSPS) is 29.5. The molecule has 0 aromatic heterocycles. The average molecular weight is 268 g/mol. The number of ether oxygens (including phenoxy) is 2. The Morgan fingerprint density at radius 1 is 1.47 bits per heavy atom. The van der Waals surface area contributed by atoms with E-state index in [9.17, 15) is 15.0 Å². The van der Waals surface area contributed by atoms with Gasteiger partial charge in [0.2, 0.25) is 0 Å². The van der Waals surface area contributed by atoms with Crippen LogP contribution in [-0.4, -0.2) is 47.7 Å². The highest BCUT2D eigenvalue weighted by Gasteiger charge is 2.36. The molecule has 106 valence electrons. The Balaban J connectivity index is 3.07. The molecule has 2 N–H and O–H groups in total. The molecule has 0 bridgehead atoms. The number of hydrogen-bond donors (Lipinski definition) is 2. The number of aliphatic hydroxyl groups excluding tert-OH is 2. The number of carbonyl (C=O) groups excluding carboxylic acids is 1. The van der Waals surface area contributed by atoms with Crippen molar-refractivity contribution in [3.63, 3.8) is 0 Å². The summed E-state index contributed by atoms with van der Waals surface area (Å²) in [4.78, 5) is 11.7. The Kier molecular flexibility index (Phi) is 5.95. The first-order chi connectivity index (χ1) is 9.04. The quantitative estimate of drug-likeness (QED) is 0.580. The molecule has 0 saturated heterocycles. The number of hydrogen-bond acceptors (Lipinski definition) is 5. The second-order valence-corrected chi connectivity index (χ2v) is 4.17. The maximum Gasteiger partial charge on any atom is 0.336 e. The van der Waals surface area contributed by atoms with Crippen molar-refractivity contribution in [2.24, 2.45) is 0 Å². The van der Waals surface area contributed by atoms with Gasteiger partial charge in [0, 0.05) is 0 Å². The van der Waals surface area contributed by atoms with Gasteiger partial charge in [-0.2, -0.15) is 0 Å². The molecule has 0 fully saturated rings. The molecule has 4 atom stereocenters. The van der Waals surface area contributed by atoms with Crippen LogP contribution in [-0.2, 0) is 14.3 Å². The van der Waals surface area contributed by atoms with Crippen LogP contribution < -0.4 is 0 Å². The van der Waals surface area contributed by atoms with Gasteiger partial charge in [-0.05, 0) is 19.9 Å². The van der Waals surface area contributed by atoms with Crippen LogP contribution in [0.3, 0.4) is 0 Å². The van der Waals surface area contributed by atoms with E-state index < -0.39 is 30.4 Å². The first-order valence-corrected chi connectivity index (χ1v) is 6.12. The summed E-state index contributed by atoms with van der Waals surface area (Å²) in [6.07, 6.45) is 4.60. The van der Waals surface area contributed by atoms with E-state index in [1.807, 2.05) is 0 Å². The number of esters is 1. The number of carbonyl (C=O) groups is 1. The molecule has 5 heteroatoms. The second kappa shape index (κ2) is 7.23. The van der Waals surface area contributed by atoms with Crippen LogP contribution in [0.2, 0.25) is 0 Å². The molecular formula is C14H20O5. The summed E-state index contributed by atoms with van der Waals surface area (Å²) in [5.41, 5.74) is 0.126. The standard InChI is InChI=1S/C14H20O5/c1-4-6-10(15)13-9(14(17)18-3)8-11(16)12(19-13)7-5-2/h4-8,10-13,15-16H,1-3H3/b6-4+,7-5+/t10-,11+,12+,13+/m1/s1. The van der Waals surface area contributed by atoms with Crippen molar-refractivity contribution in [1.29, 1.82) is 0 Å². The first-order valence-electron chi connectivity index (χ1n) is 6.12. The Morgan fingerprint density at radius 2 is 2.16 bits per heavy atom. The molecule has 1 rings (SSSR count). The third-order valence-electron chi connectivity index (χ3n) is 2.80. The maximum atomic E-state index is 11.7. The predicted octanol–water partition coefficient (Wildman–Crippen LogP) is 0.727. The van der Waals surface area contributed by atoms with Crippen LogP contribution in [0.5, 0.6) is 0 Å². The lowest BCUT2D eigenvalue weighted by atomic mass is 9.96. The van der Waals surface area contributed by atoms with Crippen molar-refractivity contribution >= 4 is 5.97 Å². The fourth-order valence-corrected chi connectivity index (χ4v) is 1.91. The van der Waals surface area contributed by atoms with Gasteiger partial charge in [-0.15, -0.1) is 0 Å². The van der Waals surface area contributed by atoms with Gasteiger partial charge in [0.05, 0.1) is 12.7 Å². The molecule has 1 heterocycles. The van der Waals surface area contributed by atoms with Crippen LogP contribution in [0.1, 0.15) is 13.8 Å². The number of rotatable bonds is 4. The van der Waals surface area contributed by atoms with E-state index in [2.05, 4.69) is 4.74 Å². The van der Waals surface area contributed by atoms with Crippen molar-refractivity contribution in [1.82, 2.24) is 0 Å². The smallest absolute Gasteiger partial charge is 0.336 e. The Labute approximate surface area is 112 Å². The van der Waals surface area contributed by atoms with Gasteiger partial charge in [-0.1, -0.05) is 24.3 Å². The average Bonchev–Trinajstić information content (AvgIpc) is 2.40. The second-order valence-electron chi connectivity index (χ2n) is 4.17. The van der Waals surface area contributed by atoms with Crippen molar-refractivity contribution in [3.8, 4) is 0 Å². The Bertz CT molecular complexity index is 397. The summed E-state index contributed by atoms with van der Waals surface area (Å²) in [5.74, 6) is -0.619. The van der Waals surface area contributed by atoms with E-state index in [-0.39, 0.29) is 5.57 Å². The van der Waals surface area contributed by atoms with Gasteiger partial charge in [-0.25, -0.2) is 4.79 Å². The lowest BCUT2D eigenvalue weighted by Gasteiger charge is -2.33. The molecule has 0 saturated carbocycles. The largest absolute Gasteiger partial charge is 0.466 e. The summed E-state index contributed by atoms with van der Waals surface area (Å²) in [6.45, 7) is 3.55. The molecule has 0 radical (unpaired) electrons. The van der Waals surface area contributed by atoms with Crippen molar-refractivity contribution in [2.75, 3.05) is 7.11 Å². The molecule has 0 aromatic carbocycles. The minimum absolute atomic E-state index is 0.126. The summed E-state index contributed by atoms with van der Waals surface area (Å²) >= 11 is 0. The topological polar surface area (TPSA) is 76.0 Å². The number of methoxy groups -OCH3 is 1. The molecule has 0 unspecified atom stereocenters. The van der Waals surface area contributed by atoms with E-state index in [0.29, 0.717) is 0 Å². The number of allylic oxidation sites excluding steroid dienone is 2. The third kappa shape index (κ3) is 3.76. The highest BCUT2D eigenvalue weighted by atomic mass is 16.5. The van der Waals surface area contributed by atoms with Gasteiger partial charge >= 0.3 is 5.97 Å². The molecule has 1 aliphatic rings. The van der Waals surface area contributed by atoms with Gasteiger partial charge in [0.15, 0.2) is 0 Å². The van der Waals surface area contributed by atoms with Crippen molar-refractivity contribution in [3.05, 3.63) is 36.0 Å². The van der Waals surface area contributed by atoms with E-state index in [1.54, 1.807) is 32.1 Å². The molecular weight excluding hydrogens is 248 g/mol. The minimum atomic E-state index is -0.976. The van der Waals surface area contributed by atoms with Crippen molar-refractivity contribution in [2.45, 2.75) is 38.3 Å². The van der Waals surface area contributed by atoms with E-state index in [0.717, 1.165) is 0 Å². The van der Waals surface area contributed by atoms with Crippen LogP contribution >= 0.6 is 0 Å². The third-order valence-corrected chi connectivity index (χ3v) is 2.80. The Morgan fingerprint density at radius 3 is 2.68 bits per heavy atom. The minimum Gasteiger partial charge on any atom is -0.466 e. The van der Waals surface area contributed by atoms with Gasteiger partial charge in [-0.3, -0.25) is 0 Å². The fourth-order valence-electron chi connectivity index (χ4n) is 1.91. The summed E-state index contributed by atoms with van der Waals surface area (Å²) < 4.78 is 10.2. The highest BCUT2D eigenvalue weighted by Crippen LogP contribution is 2.24. The molecule has 0 aliphatic carbocycles. The number of aliphatic hydroxyl groups is 2. The monoisotopic (exact) mass is 268 g/mol. The molecule has 0 amide bonds.